The lowest BCUT2D eigenvalue weighted by molar-refractivity contribution is -0.384. The molecule has 110 valence electrons. The molecule has 9 heteroatoms. The van der Waals surface area contributed by atoms with Crippen molar-refractivity contribution in [1.29, 1.82) is 0 Å². The number of ether oxygens (including phenoxy) is 1. The third-order valence-corrected chi connectivity index (χ3v) is 2.65. The van der Waals surface area contributed by atoms with Gasteiger partial charge in [0.2, 0.25) is 0 Å². The molecule has 0 saturated carbocycles. The molecule has 0 atom stereocenters. The van der Waals surface area contributed by atoms with Crippen LogP contribution in [-0.2, 0) is 0 Å². The van der Waals surface area contributed by atoms with Gasteiger partial charge in [0.1, 0.15) is 5.75 Å². The fraction of sp³-hybridized carbons (Fsp3) is 0.250. The Morgan fingerprint density at radius 3 is 2.67 bits per heavy atom. The summed E-state index contributed by atoms with van der Waals surface area (Å²) in [4.78, 5) is 21.9. The number of nitro benzene ring substituents is 1. The summed E-state index contributed by atoms with van der Waals surface area (Å²) in [5.74, 6) is 0.374. The first-order chi connectivity index (χ1) is 10.0. The van der Waals surface area contributed by atoms with Crippen molar-refractivity contribution in [2.45, 2.75) is 13.8 Å². The fourth-order valence-electron chi connectivity index (χ4n) is 1.65. The van der Waals surface area contributed by atoms with Crippen molar-refractivity contribution >= 4 is 17.1 Å². The summed E-state index contributed by atoms with van der Waals surface area (Å²) in [5, 5.41) is 23.5. The Morgan fingerprint density at radius 2 is 2.10 bits per heavy atom. The number of hydrogen-bond acceptors (Lipinski definition) is 6. The highest BCUT2D eigenvalue weighted by atomic mass is 16.6. The van der Waals surface area contributed by atoms with Gasteiger partial charge in [-0.05, 0) is 26.0 Å². The monoisotopic (exact) mass is 291 g/mol. The zero-order valence-electron chi connectivity index (χ0n) is 11.4. The molecule has 21 heavy (non-hydrogen) atoms. The van der Waals surface area contributed by atoms with Gasteiger partial charge in [0.25, 0.3) is 11.2 Å². The van der Waals surface area contributed by atoms with E-state index in [1.54, 1.807) is 19.9 Å². The largest absolute Gasteiger partial charge is 0.494 e. The van der Waals surface area contributed by atoms with Gasteiger partial charge in [-0.15, -0.1) is 10.2 Å². The predicted octanol–water partition coefficient (Wildman–Crippen LogP) is 2.73. The molecule has 2 rings (SSSR count). The van der Waals surface area contributed by atoms with Crippen LogP contribution in [0.15, 0.2) is 33.2 Å². The van der Waals surface area contributed by atoms with Crippen molar-refractivity contribution in [2.75, 3.05) is 6.61 Å². The molecule has 1 aromatic heterocycles. The summed E-state index contributed by atoms with van der Waals surface area (Å²) in [7, 11) is 0. The highest BCUT2D eigenvalue weighted by Gasteiger charge is 2.15. The van der Waals surface area contributed by atoms with Gasteiger partial charge in [-0.1, -0.05) is 0 Å². The molecule has 0 aliphatic carbocycles. The van der Waals surface area contributed by atoms with Crippen LogP contribution in [0.25, 0.3) is 0 Å². The van der Waals surface area contributed by atoms with Crippen LogP contribution < -0.4 is 10.3 Å². The van der Waals surface area contributed by atoms with Crippen LogP contribution in [0.4, 0.5) is 17.1 Å². The molecule has 0 spiro atoms. The van der Waals surface area contributed by atoms with Crippen LogP contribution in [0.1, 0.15) is 12.6 Å². The average Bonchev–Trinajstić information content (AvgIpc) is 2.77. The Bertz CT molecular complexity index is 746. The van der Waals surface area contributed by atoms with Crippen LogP contribution in [0.2, 0.25) is 0 Å². The summed E-state index contributed by atoms with van der Waals surface area (Å²) in [6.45, 7) is 3.81. The maximum Gasteiger partial charge on any atom is 0.300 e. The SMILES string of the molecule is CCOc1ccc(N=Nc2c(C)[nH][nH]c2=O)c([N+](=O)[O-])c1. The first kappa shape index (κ1) is 14.4. The Labute approximate surface area is 118 Å². The van der Waals surface area contributed by atoms with Crippen molar-refractivity contribution in [2.24, 2.45) is 10.2 Å². The Balaban J connectivity index is 2.40. The van der Waals surface area contributed by atoms with Crippen molar-refractivity contribution in [3.8, 4) is 5.75 Å². The lowest BCUT2D eigenvalue weighted by Crippen LogP contribution is -1.96. The van der Waals surface area contributed by atoms with E-state index in [1.165, 1.54) is 12.1 Å². The normalized spacial score (nSPS) is 11.0. The van der Waals surface area contributed by atoms with E-state index >= 15 is 0 Å². The number of H-pyrrole nitrogens is 2. The van der Waals surface area contributed by atoms with Crippen molar-refractivity contribution in [1.82, 2.24) is 10.2 Å². The predicted molar refractivity (Wildman–Crippen MR) is 74.6 cm³/mol. The minimum Gasteiger partial charge on any atom is -0.494 e. The Hall–Kier alpha value is -2.97. The molecule has 2 N–H and O–H groups in total. The second-order valence-electron chi connectivity index (χ2n) is 4.09. The quantitative estimate of drug-likeness (QED) is 0.499. The highest BCUT2D eigenvalue weighted by Crippen LogP contribution is 2.32. The molecule has 1 heterocycles. The summed E-state index contributed by atoms with van der Waals surface area (Å²) >= 11 is 0. The second-order valence-corrected chi connectivity index (χ2v) is 4.09. The zero-order valence-corrected chi connectivity index (χ0v) is 11.4. The van der Waals surface area contributed by atoms with Crippen LogP contribution >= 0.6 is 0 Å². The molecular formula is C12H13N5O4. The van der Waals surface area contributed by atoms with Crippen molar-refractivity contribution < 1.29 is 9.66 Å². The smallest absolute Gasteiger partial charge is 0.300 e. The van der Waals surface area contributed by atoms with Gasteiger partial charge in [0.05, 0.1) is 23.3 Å². The molecule has 0 fully saturated rings. The number of rotatable bonds is 5. The van der Waals surface area contributed by atoms with Crippen molar-refractivity contribution in [3.63, 3.8) is 0 Å². The van der Waals surface area contributed by atoms with E-state index in [0.717, 1.165) is 0 Å². The number of azo groups is 1. The molecule has 0 unspecified atom stereocenters. The maximum absolute atomic E-state index is 11.4. The van der Waals surface area contributed by atoms with Crippen molar-refractivity contribution in [3.05, 3.63) is 44.4 Å². The Kier molecular flexibility index (Phi) is 4.12. The van der Waals surface area contributed by atoms with Gasteiger partial charge in [-0.2, -0.15) is 0 Å². The Morgan fingerprint density at radius 1 is 1.33 bits per heavy atom. The summed E-state index contributed by atoms with van der Waals surface area (Å²) < 4.78 is 5.20. The lowest BCUT2D eigenvalue weighted by atomic mass is 10.2. The molecule has 0 amide bonds. The summed E-state index contributed by atoms with van der Waals surface area (Å²) in [5.41, 5.74) is -0.0573. The number of nitrogens with zero attached hydrogens (tertiary/aromatic N) is 3. The number of aromatic amines is 2. The van der Waals surface area contributed by atoms with Gasteiger partial charge < -0.3 is 9.84 Å². The molecule has 0 aliphatic rings. The third kappa shape index (κ3) is 3.14. The number of hydrogen-bond donors (Lipinski definition) is 2. The highest BCUT2D eigenvalue weighted by molar-refractivity contribution is 5.60. The van der Waals surface area contributed by atoms with Gasteiger partial charge in [-0.25, -0.2) is 0 Å². The van der Waals surface area contributed by atoms with E-state index in [4.69, 9.17) is 4.74 Å². The van der Waals surface area contributed by atoms with E-state index in [2.05, 4.69) is 20.4 Å². The molecule has 0 radical (unpaired) electrons. The number of aryl methyl sites for hydroxylation is 1. The molecule has 0 saturated heterocycles. The molecule has 0 aliphatic heterocycles. The first-order valence-electron chi connectivity index (χ1n) is 6.13. The maximum atomic E-state index is 11.4. The number of nitro groups is 1. The molecule has 1 aromatic carbocycles. The van der Waals surface area contributed by atoms with Gasteiger partial charge >= 0.3 is 0 Å². The van der Waals surface area contributed by atoms with E-state index in [9.17, 15) is 14.9 Å². The number of aromatic nitrogens is 2. The lowest BCUT2D eigenvalue weighted by Gasteiger charge is -2.03. The van der Waals surface area contributed by atoms with Crippen LogP contribution in [0.5, 0.6) is 5.75 Å². The second kappa shape index (κ2) is 5.99. The van der Waals surface area contributed by atoms with Crippen LogP contribution in [-0.4, -0.2) is 21.7 Å². The van der Waals surface area contributed by atoms with E-state index < -0.39 is 10.5 Å². The van der Waals surface area contributed by atoms with E-state index in [-0.39, 0.29) is 17.1 Å². The molecule has 0 bridgehead atoms. The van der Waals surface area contributed by atoms with Crippen LogP contribution in [0.3, 0.4) is 0 Å². The van der Waals surface area contributed by atoms with Gasteiger partial charge in [0, 0.05) is 0 Å². The minimum atomic E-state index is -0.578. The third-order valence-electron chi connectivity index (χ3n) is 2.65. The molecule has 9 nitrogen and oxygen atoms in total. The molecular weight excluding hydrogens is 278 g/mol. The first-order valence-corrected chi connectivity index (χ1v) is 6.13. The average molecular weight is 291 g/mol. The standard InChI is InChI=1S/C12H13N5O4/c1-3-21-8-4-5-9(10(6-8)17(19)20)14-15-11-7(2)13-16-12(11)18/h4-6H,3H2,1-2H3,(H2,13,16,18). The fourth-order valence-corrected chi connectivity index (χ4v) is 1.65. The number of nitrogens with one attached hydrogen (secondary N) is 2. The van der Waals surface area contributed by atoms with Crippen LogP contribution in [0, 0.1) is 17.0 Å². The summed E-state index contributed by atoms with van der Waals surface area (Å²) in [6.07, 6.45) is 0. The topological polar surface area (TPSA) is 126 Å². The summed E-state index contributed by atoms with van der Waals surface area (Å²) in [6, 6.07) is 4.24. The van der Waals surface area contributed by atoms with E-state index in [1.807, 2.05) is 0 Å². The van der Waals surface area contributed by atoms with E-state index in [0.29, 0.717) is 18.1 Å². The molecule has 2 aromatic rings. The van der Waals surface area contributed by atoms with Gasteiger partial charge in [-0.3, -0.25) is 20.0 Å². The minimum absolute atomic E-state index is 0.0449. The zero-order chi connectivity index (χ0) is 15.4. The number of benzene rings is 1. The van der Waals surface area contributed by atoms with Gasteiger partial charge in [0.15, 0.2) is 11.4 Å².